The lowest BCUT2D eigenvalue weighted by atomic mass is 10.3. The van der Waals surface area contributed by atoms with Crippen molar-refractivity contribution in [2.45, 2.75) is 33.0 Å². The molecule has 1 unspecified atom stereocenters. The Kier molecular flexibility index (Phi) is 2.03. The quantitative estimate of drug-likeness (QED) is 0.701. The van der Waals surface area contributed by atoms with Crippen molar-refractivity contribution in [1.82, 2.24) is 14.9 Å². The highest BCUT2D eigenvalue weighted by atomic mass is 15.2. The molecule has 0 amide bonds. The molecule has 1 aromatic heterocycles. The molecular weight excluding hydrogens is 178 g/mol. The van der Waals surface area contributed by atoms with Crippen molar-refractivity contribution in [2.24, 2.45) is 10.7 Å². The first-order valence-corrected chi connectivity index (χ1v) is 4.73. The van der Waals surface area contributed by atoms with Gasteiger partial charge in [-0.3, -0.25) is 0 Å². The van der Waals surface area contributed by atoms with Crippen LogP contribution in [-0.4, -0.2) is 15.4 Å². The fraction of sp³-hybridized carbons (Fsp3) is 0.556. The Morgan fingerprint density at radius 1 is 1.57 bits per heavy atom. The number of hydrogen-bond donors (Lipinski definition) is 2. The first kappa shape index (κ1) is 9.21. The van der Waals surface area contributed by atoms with Crippen LogP contribution >= 0.6 is 0 Å². The van der Waals surface area contributed by atoms with Gasteiger partial charge in [-0.05, 0) is 20.8 Å². The van der Waals surface area contributed by atoms with Gasteiger partial charge in [0.25, 0.3) is 0 Å². The highest BCUT2D eigenvalue weighted by molar-refractivity contribution is 5.84. The van der Waals surface area contributed by atoms with Crippen LogP contribution in [-0.2, 0) is 0 Å². The maximum absolute atomic E-state index is 5.88. The molecule has 5 heteroatoms. The lowest BCUT2D eigenvalue weighted by Crippen LogP contribution is -2.35. The van der Waals surface area contributed by atoms with Gasteiger partial charge in [0, 0.05) is 6.04 Å². The Morgan fingerprint density at radius 3 is 2.93 bits per heavy atom. The fourth-order valence-corrected chi connectivity index (χ4v) is 1.57. The van der Waals surface area contributed by atoms with E-state index in [0.29, 0.717) is 6.04 Å². The first-order valence-electron chi connectivity index (χ1n) is 4.73. The van der Waals surface area contributed by atoms with Gasteiger partial charge in [-0.15, -0.1) is 0 Å². The molecule has 0 spiro atoms. The second-order valence-corrected chi connectivity index (χ2v) is 3.77. The van der Waals surface area contributed by atoms with Crippen LogP contribution in [0.15, 0.2) is 11.3 Å². The molecule has 14 heavy (non-hydrogen) atoms. The van der Waals surface area contributed by atoms with Crippen molar-refractivity contribution < 1.29 is 0 Å². The van der Waals surface area contributed by atoms with Gasteiger partial charge in [-0.1, -0.05) is 0 Å². The van der Waals surface area contributed by atoms with E-state index >= 15 is 0 Å². The van der Waals surface area contributed by atoms with Crippen molar-refractivity contribution in [3.63, 3.8) is 0 Å². The number of aliphatic imine (C=N–C) groups is 1. The molecule has 0 saturated heterocycles. The Labute approximate surface area is 83.0 Å². The number of amidine groups is 1. The average molecular weight is 193 g/mol. The van der Waals surface area contributed by atoms with Crippen molar-refractivity contribution in [3.05, 3.63) is 12.0 Å². The molecule has 1 aliphatic rings. The normalized spacial score (nSPS) is 20.4. The molecule has 2 heterocycles. The monoisotopic (exact) mass is 193 g/mol. The maximum Gasteiger partial charge on any atom is 0.161 e. The molecule has 1 aromatic rings. The van der Waals surface area contributed by atoms with Gasteiger partial charge in [0.05, 0.1) is 6.33 Å². The van der Waals surface area contributed by atoms with E-state index in [1.54, 1.807) is 6.33 Å². The van der Waals surface area contributed by atoms with Crippen LogP contribution < -0.4 is 11.1 Å². The van der Waals surface area contributed by atoms with Crippen molar-refractivity contribution >= 4 is 11.7 Å². The minimum Gasteiger partial charge on any atom is -0.353 e. The van der Waals surface area contributed by atoms with E-state index in [1.165, 1.54) is 0 Å². The molecule has 1 atom stereocenters. The zero-order chi connectivity index (χ0) is 10.3. The highest BCUT2D eigenvalue weighted by Crippen LogP contribution is 2.28. The molecule has 0 radical (unpaired) electrons. The van der Waals surface area contributed by atoms with Crippen LogP contribution in [0.5, 0.6) is 0 Å². The van der Waals surface area contributed by atoms with Crippen LogP contribution in [0.2, 0.25) is 0 Å². The number of nitrogens with two attached hydrogens (primary N) is 1. The summed E-state index contributed by atoms with van der Waals surface area (Å²) in [6.07, 6.45) is 1.56. The Balaban J connectivity index is 2.53. The largest absolute Gasteiger partial charge is 0.353 e. The van der Waals surface area contributed by atoms with Gasteiger partial charge in [0.2, 0.25) is 0 Å². The van der Waals surface area contributed by atoms with Crippen molar-refractivity contribution in [3.8, 4) is 0 Å². The summed E-state index contributed by atoms with van der Waals surface area (Å²) in [5.41, 5.74) is 6.71. The Hall–Kier alpha value is -1.36. The second-order valence-electron chi connectivity index (χ2n) is 3.77. The van der Waals surface area contributed by atoms with E-state index in [2.05, 4.69) is 29.1 Å². The highest BCUT2D eigenvalue weighted by Gasteiger charge is 2.22. The van der Waals surface area contributed by atoms with Gasteiger partial charge in [0.1, 0.15) is 17.7 Å². The Morgan fingerprint density at radius 2 is 2.29 bits per heavy atom. The molecule has 0 fully saturated rings. The smallest absolute Gasteiger partial charge is 0.161 e. The predicted molar refractivity (Wildman–Crippen MR) is 55.4 cm³/mol. The van der Waals surface area contributed by atoms with Gasteiger partial charge < -0.3 is 15.6 Å². The molecule has 0 aliphatic carbocycles. The summed E-state index contributed by atoms with van der Waals surface area (Å²) >= 11 is 0. The van der Waals surface area contributed by atoms with Crippen LogP contribution in [0.25, 0.3) is 0 Å². The van der Waals surface area contributed by atoms with E-state index in [4.69, 9.17) is 5.73 Å². The van der Waals surface area contributed by atoms with Crippen LogP contribution in [0, 0.1) is 0 Å². The molecule has 2 rings (SSSR count). The van der Waals surface area contributed by atoms with E-state index in [-0.39, 0.29) is 6.17 Å². The lowest BCUT2D eigenvalue weighted by Gasteiger charge is -2.20. The number of rotatable bonds is 1. The molecule has 1 aliphatic heterocycles. The van der Waals surface area contributed by atoms with Crippen LogP contribution in [0.4, 0.5) is 5.82 Å². The number of imidazole rings is 1. The predicted octanol–water partition coefficient (Wildman–Crippen LogP) is 1.07. The fourth-order valence-electron chi connectivity index (χ4n) is 1.57. The van der Waals surface area contributed by atoms with Crippen LogP contribution in [0.1, 0.15) is 38.7 Å². The van der Waals surface area contributed by atoms with E-state index < -0.39 is 0 Å². The number of hydrogen-bond acceptors (Lipinski definition) is 4. The molecule has 0 aromatic carbocycles. The second kappa shape index (κ2) is 3.09. The lowest BCUT2D eigenvalue weighted by molar-refractivity contribution is 0.594. The minimum absolute atomic E-state index is 0.234. The van der Waals surface area contributed by atoms with Gasteiger partial charge in [0.15, 0.2) is 5.82 Å². The van der Waals surface area contributed by atoms with Crippen molar-refractivity contribution in [1.29, 1.82) is 0 Å². The van der Waals surface area contributed by atoms with Gasteiger partial charge >= 0.3 is 0 Å². The van der Waals surface area contributed by atoms with Crippen LogP contribution in [0.3, 0.4) is 0 Å². The summed E-state index contributed by atoms with van der Waals surface area (Å²) in [6.45, 7) is 6.10. The van der Waals surface area contributed by atoms with Gasteiger partial charge in [-0.2, -0.15) is 0 Å². The van der Waals surface area contributed by atoms with Gasteiger partial charge in [-0.25, -0.2) is 9.98 Å². The summed E-state index contributed by atoms with van der Waals surface area (Å²) < 4.78 is 2.03. The van der Waals surface area contributed by atoms with E-state index in [1.807, 2.05) is 11.5 Å². The summed E-state index contributed by atoms with van der Waals surface area (Å²) in [6, 6.07) is 0.355. The van der Waals surface area contributed by atoms with E-state index in [0.717, 1.165) is 17.3 Å². The summed E-state index contributed by atoms with van der Waals surface area (Å²) in [7, 11) is 0. The number of nitrogens with one attached hydrogen (secondary N) is 1. The molecular formula is C9H15N5. The average Bonchev–Trinajstić information content (AvgIpc) is 2.47. The molecule has 0 bridgehead atoms. The standard InChI is InChI=1S/C9H15N5/c1-5(2)14-4-11-7-8(10)12-6(3)13-9(7)14/h4-5,8H,10H2,1-3H3,(H,12,13). The molecule has 5 nitrogen and oxygen atoms in total. The zero-order valence-corrected chi connectivity index (χ0v) is 8.65. The van der Waals surface area contributed by atoms with E-state index in [9.17, 15) is 0 Å². The maximum atomic E-state index is 5.88. The number of nitrogens with zero attached hydrogens (tertiary/aromatic N) is 3. The minimum atomic E-state index is -0.234. The molecule has 0 saturated carbocycles. The Bertz CT molecular complexity index is 377. The third kappa shape index (κ3) is 1.29. The summed E-state index contributed by atoms with van der Waals surface area (Å²) in [5.74, 6) is 1.72. The zero-order valence-electron chi connectivity index (χ0n) is 8.65. The summed E-state index contributed by atoms with van der Waals surface area (Å²) in [5, 5.41) is 3.04. The third-order valence-electron chi connectivity index (χ3n) is 2.28. The summed E-state index contributed by atoms with van der Waals surface area (Å²) in [4.78, 5) is 8.67. The van der Waals surface area contributed by atoms with Crippen molar-refractivity contribution in [2.75, 3.05) is 0 Å². The molecule has 3 N–H and O–H groups in total. The molecule has 76 valence electrons. The topological polar surface area (TPSA) is 68.2 Å². The number of aromatic nitrogens is 2. The third-order valence-corrected chi connectivity index (χ3v) is 2.28. The number of fused-ring (bicyclic) bond motifs is 1. The first-order chi connectivity index (χ1) is 6.59. The SMILES string of the molecule is CC1=Nc2c(ncn2C(C)C)C(N)N1.